The molecule has 0 bridgehead atoms. The van der Waals surface area contributed by atoms with Crippen molar-refractivity contribution in [1.82, 2.24) is 19.3 Å². The lowest BCUT2D eigenvalue weighted by molar-refractivity contribution is 0.0954. The highest BCUT2D eigenvalue weighted by molar-refractivity contribution is 9.10. The van der Waals surface area contributed by atoms with Gasteiger partial charge in [0.25, 0.3) is 11.5 Å². The number of hydrogen-bond acceptors (Lipinski definition) is 6. The summed E-state index contributed by atoms with van der Waals surface area (Å²) in [5.74, 6) is 0.173. The fourth-order valence-corrected chi connectivity index (χ4v) is 4.89. The molecule has 0 unspecified atom stereocenters. The summed E-state index contributed by atoms with van der Waals surface area (Å²) in [6, 6.07) is 8.77. The van der Waals surface area contributed by atoms with E-state index in [1.165, 1.54) is 10.6 Å². The van der Waals surface area contributed by atoms with E-state index >= 15 is 0 Å². The average molecular weight is 564 g/mol. The highest BCUT2D eigenvalue weighted by Gasteiger charge is 2.18. The largest absolute Gasteiger partial charge is 0.478 e. The van der Waals surface area contributed by atoms with E-state index in [-0.39, 0.29) is 19.0 Å². The smallest absolute Gasteiger partial charge is 0.336 e. The number of halogens is 2. The normalized spacial score (nSPS) is 11.1. The number of carbonyl (C=O) groups excluding carboxylic acids is 1. The van der Waals surface area contributed by atoms with Gasteiger partial charge in [-0.1, -0.05) is 23.7 Å². The number of ether oxygens (including phenoxy) is 1. The first-order chi connectivity index (χ1) is 16.3. The monoisotopic (exact) mass is 562 g/mol. The Bertz CT molecular complexity index is 1490. The highest BCUT2D eigenvalue weighted by Crippen LogP contribution is 2.23. The molecule has 0 aliphatic rings. The maximum absolute atomic E-state index is 13.1. The van der Waals surface area contributed by atoms with Crippen molar-refractivity contribution in [2.45, 2.75) is 26.9 Å². The van der Waals surface area contributed by atoms with Crippen LogP contribution in [0.1, 0.15) is 33.3 Å². The second kappa shape index (κ2) is 10.1. The second-order valence-electron chi connectivity index (χ2n) is 7.44. The molecule has 0 radical (unpaired) electrons. The summed E-state index contributed by atoms with van der Waals surface area (Å²) in [4.78, 5) is 43.7. The number of benzene rings is 1. The van der Waals surface area contributed by atoms with E-state index in [4.69, 9.17) is 16.3 Å². The van der Waals surface area contributed by atoms with E-state index in [0.29, 0.717) is 37.3 Å². The second-order valence-corrected chi connectivity index (χ2v) is 9.73. The van der Waals surface area contributed by atoms with Crippen LogP contribution in [0.2, 0.25) is 5.02 Å². The molecule has 0 atom stereocenters. The van der Waals surface area contributed by atoms with Crippen LogP contribution in [-0.4, -0.2) is 26.5 Å². The van der Waals surface area contributed by atoms with Crippen molar-refractivity contribution in [2.75, 3.05) is 6.61 Å². The Hall–Kier alpha value is -2.95. The minimum Gasteiger partial charge on any atom is -0.478 e. The topological polar surface area (TPSA) is 94.7 Å². The third-order valence-electron chi connectivity index (χ3n) is 5.09. The molecule has 1 amide bonds. The standard InChI is InChI=1S/C23H20BrClN4O4S/c1-3-33-19-7-5-15(9-26-19)10-27-20(30)18-12-29-22(34-18)13(2)21(31)28(23(29)32)11-14-4-6-17(25)16(24)8-14/h4-9,12H,3,10-11H2,1-2H3,(H,27,30). The molecule has 3 aromatic heterocycles. The lowest BCUT2D eigenvalue weighted by Crippen LogP contribution is -2.38. The SMILES string of the molecule is CCOc1ccc(CNC(=O)c2cn3c(=O)n(Cc4ccc(Cl)c(Br)c4)c(=O)c(C)c3s2)cn1. The van der Waals surface area contributed by atoms with Gasteiger partial charge >= 0.3 is 5.69 Å². The van der Waals surface area contributed by atoms with Gasteiger partial charge in [0.1, 0.15) is 9.71 Å². The Morgan fingerprint density at radius 3 is 2.68 bits per heavy atom. The summed E-state index contributed by atoms with van der Waals surface area (Å²) in [5.41, 5.74) is 1.03. The van der Waals surface area contributed by atoms with E-state index in [1.807, 2.05) is 13.0 Å². The number of nitrogens with zero attached hydrogens (tertiary/aromatic N) is 3. The molecule has 0 aliphatic heterocycles. The van der Waals surface area contributed by atoms with Crippen molar-refractivity contribution in [3.8, 4) is 5.88 Å². The van der Waals surface area contributed by atoms with E-state index in [1.54, 1.807) is 37.4 Å². The van der Waals surface area contributed by atoms with Gasteiger partial charge in [-0.15, -0.1) is 11.3 Å². The third-order valence-corrected chi connectivity index (χ3v) is 7.51. The molecule has 0 spiro atoms. The molecule has 0 aliphatic carbocycles. The number of aromatic nitrogens is 3. The molecule has 8 nitrogen and oxygen atoms in total. The van der Waals surface area contributed by atoms with Crippen LogP contribution in [0.25, 0.3) is 4.83 Å². The molecule has 1 N–H and O–H groups in total. The maximum Gasteiger partial charge on any atom is 0.336 e. The Morgan fingerprint density at radius 1 is 1.24 bits per heavy atom. The molecule has 4 aromatic rings. The number of thiazole rings is 1. The summed E-state index contributed by atoms with van der Waals surface area (Å²) in [6.07, 6.45) is 3.10. The molecule has 0 fully saturated rings. The molecule has 3 heterocycles. The molecule has 0 saturated carbocycles. The molecular weight excluding hydrogens is 544 g/mol. The molecule has 4 rings (SSSR count). The third kappa shape index (κ3) is 4.94. The number of nitrogens with one attached hydrogen (secondary N) is 1. The maximum atomic E-state index is 13.1. The van der Waals surface area contributed by atoms with Gasteiger partial charge in [-0.05, 0) is 53.0 Å². The van der Waals surface area contributed by atoms with Crippen LogP contribution in [0.5, 0.6) is 5.88 Å². The van der Waals surface area contributed by atoms with Gasteiger partial charge in [-0.3, -0.25) is 18.6 Å². The molecule has 0 saturated heterocycles. The van der Waals surface area contributed by atoms with E-state index in [0.717, 1.165) is 27.0 Å². The number of fused-ring (bicyclic) bond motifs is 1. The van der Waals surface area contributed by atoms with Gasteiger partial charge in [-0.25, -0.2) is 9.78 Å². The summed E-state index contributed by atoms with van der Waals surface area (Å²) in [6.45, 7) is 4.39. The first-order valence-corrected chi connectivity index (χ1v) is 12.3. The van der Waals surface area contributed by atoms with Crippen molar-refractivity contribution in [3.05, 3.63) is 94.6 Å². The van der Waals surface area contributed by atoms with Crippen LogP contribution in [0.15, 0.2) is 56.8 Å². The van der Waals surface area contributed by atoms with E-state index in [2.05, 4.69) is 26.2 Å². The summed E-state index contributed by atoms with van der Waals surface area (Å²) in [5, 5.41) is 3.36. The van der Waals surface area contributed by atoms with Crippen LogP contribution in [0, 0.1) is 6.92 Å². The highest BCUT2D eigenvalue weighted by atomic mass is 79.9. The van der Waals surface area contributed by atoms with Crippen molar-refractivity contribution in [1.29, 1.82) is 0 Å². The molecule has 11 heteroatoms. The Balaban J connectivity index is 1.59. The Morgan fingerprint density at radius 2 is 2.00 bits per heavy atom. The zero-order valence-electron chi connectivity index (χ0n) is 18.3. The number of hydrogen-bond donors (Lipinski definition) is 1. The lowest BCUT2D eigenvalue weighted by atomic mass is 10.2. The van der Waals surface area contributed by atoms with Crippen LogP contribution < -0.4 is 21.3 Å². The van der Waals surface area contributed by atoms with Gasteiger partial charge in [0.05, 0.1) is 18.2 Å². The Kier molecular flexibility index (Phi) is 7.20. The number of carbonyl (C=O) groups is 1. The zero-order chi connectivity index (χ0) is 24.4. The molecular formula is C23H20BrClN4O4S. The van der Waals surface area contributed by atoms with Gasteiger partial charge in [0, 0.05) is 35.0 Å². The van der Waals surface area contributed by atoms with Crippen molar-refractivity contribution in [2.24, 2.45) is 0 Å². The molecule has 1 aromatic carbocycles. The van der Waals surface area contributed by atoms with Gasteiger partial charge in [0.2, 0.25) is 5.88 Å². The van der Waals surface area contributed by atoms with Crippen LogP contribution in [0.4, 0.5) is 0 Å². The molecule has 34 heavy (non-hydrogen) atoms. The summed E-state index contributed by atoms with van der Waals surface area (Å²) < 4.78 is 8.49. The summed E-state index contributed by atoms with van der Waals surface area (Å²) in [7, 11) is 0. The summed E-state index contributed by atoms with van der Waals surface area (Å²) >= 11 is 10.5. The minimum atomic E-state index is -0.511. The average Bonchev–Trinajstić information content (AvgIpc) is 3.28. The van der Waals surface area contributed by atoms with Gasteiger partial charge in [0.15, 0.2) is 0 Å². The predicted molar refractivity (Wildman–Crippen MR) is 135 cm³/mol. The van der Waals surface area contributed by atoms with Crippen LogP contribution >= 0.6 is 38.9 Å². The molecule has 176 valence electrons. The Labute approximate surface area is 211 Å². The first-order valence-electron chi connectivity index (χ1n) is 10.3. The van der Waals surface area contributed by atoms with Crippen LogP contribution in [0.3, 0.4) is 0 Å². The van der Waals surface area contributed by atoms with Crippen molar-refractivity contribution in [3.63, 3.8) is 0 Å². The number of rotatable bonds is 7. The van der Waals surface area contributed by atoms with Crippen molar-refractivity contribution >= 4 is 49.6 Å². The van der Waals surface area contributed by atoms with Gasteiger partial charge < -0.3 is 10.1 Å². The fraction of sp³-hybridized carbons (Fsp3) is 0.217. The number of amides is 1. The van der Waals surface area contributed by atoms with Crippen LogP contribution in [-0.2, 0) is 13.1 Å². The van der Waals surface area contributed by atoms with Crippen molar-refractivity contribution < 1.29 is 9.53 Å². The minimum absolute atomic E-state index is 0.0827. The zero-order valence-corrected chi connectivity index (χ0v) is 21.5. The van der Waals surface area contributed by atoms with E-state index < -0.39 is 11.2 Å². The lowest BCUT2D eigenvalue weighted by Gasteiger charge is -2.08. The number of aryl methyl sites for hydroxylation is 1. The quantitative estimate of drug-likeness (QED) is 0.367. The van der Waals surface area contributed by atoms with Gasteiger partial charge in [-0.2, -0.15) is 0 Å². The predicted octanol–water partition coefficient (Wildman–Crippen LogP) is 4.02. The first kappa shape index (κ1) is 24.2. The fourth-order valence-electron chi connectivity index (χ4n) is 3.35. The number of pyridine rings is 1. The van der Waals surface area contributed by atoms with E-state index in [9.17, 15) is 14.4 Å².